The summed E-state index contributed by atoms with van der Waals surface area (Å²) < 4.78 is 28.5. The minimum atomic E-state index is -3.43. The molecule has 128 valence electrons. The average molecular weight is 349 g/mol. The fraction of sp³-hybridized carbons (Fsp3) is 0.500. The fourth-order valence-electron chi connectivity index (χ4n) is 3.59. The highest BCUT2D eigenvalue weighted by Crippen LogP contribution is 2.28. The fourth-order valence-corrected chi connectivity index (χ4v) is 4.17. The van der Waals surface area contributed by atoms with Gasteiger partial charge in [0.1, 0.15) is 11.3 Å². The van der Waals surface area contributed by atoms with Crippen LogP contribution in [0.15, 0.2) is 27.8 Å². The van der Waals surface area contributed by atoms with Crippen LogP contribution < -0.4 is 5.32 Å². The Morgan fingerprint density at radius 1 is 1.33 bits per heavy atom. The number of sulfone groups is 1. The number of pyridine rings is 1. The summed E-state index contributed by atoms with van der Waals surface area (Å²) in [5.74, 6) is 0.288. The highest BCUT2D eigenvalue weighted by atomic mass is 32.2. The Morgan fingerprint density at radius 2 is 2.08 bits per heavy atom. The maximum atomic E-state index is 12.5. The second kappa shape index (κ2) is 5.56. The van der Waals surface area contributed by atoms with E-state index in [9.17, 15) is 13.2 Å². The third-order valence-electron chi connectivity index (χ3n) is 4.95. The van der Waals surface area contributed by atoms with Crippen LogP contribution in [0.2, 0.25) is 0 Å². The summed E-state index contributed by atoms with van der Waals surface area (Å²) in [6.45, 7) is 3.11. The highest BCUT2D eigenvalue weighted by molar-refractivity contribution is 7.90. The van der Waals surface area contributed by atoms with E-state index >= 15 is 0 Å². The number of nitrogens with zero attached hydrogens (tertiary/aromatic N) is 2. The molecule has 0 radical (unpaired) electrons. The number of rotatable bonds is 3. The van der Waals surface area contributed by atoms with Crippen molar-refractivity contribution < 1.29 is 17.6 Å². The standard InChI is InChI=1S/C16H19N3O4S/c1-24(21,22)15-6-11-8-17-12(7-14(11)23-15)16(20)18-13-9-19-4-2-10(13)3-5-19/h6-8,10,13H,2-5,9H2,1H3,(H,18,20)/t13-/m0/s1. The van der Waals surface area contributed by atoms with Gasteiger partial charge in [-0.15, -0.1) is 0 Å². The van der Waals surface area contributed by atoms with Crippen molar-refractivity contribution >= 4 is 26.7 Å². The van der Waals surface area contributed by atoms with Crippen LogP contribution in [0.5, 0.6) is 0 Å². The quantitative estimate of drug-likeness (QED) is 0.891. The molecule has 1 amide bonds. The maximum Gasteiger partial charge on any atom is 0.270 e. The van der Waals surface area contributed by atoms with E-state index in [1.807, 2.05) is 0 Å². The first-order valence-electron chi connectivity index (χ1n) is 8.03. The number of furan rings is 1. The number of piperidine rings is 3. The molecule has 0 unspecified atom stereocenters. The van der Waals surface area contributed by atoms with Crippen molar-refractivity contribution in [3.05, 3.63) is 24.0 Å². The van der Waals surface area contributed by atoms with Gasteiger partial charge >= 0.3 is 0 Å². The molecule has 0 spiro atoms. The minimum Gasteiger partial charge on any atom is -0.445 e. The normalized spacial score (nSPS) is 26.6. The third-order valence-corrected chi connectivity index (χ3v) is 5.88. The van der Waals surface area contributed by atoms with Crippen molar-refractivity contribution in [1.82, 2.24) is 15.2 Å². The zero-order valence-electron chi connectivity index (χ0n) is 13.4. The summed E-state index contributed by atoms with van der Waals surface area (Å²) in [6.07, 6.45) is 4.79. The molecule has 2 aromatic rings. The summed E-state index contributed by atoms with van der Waals surface area (Å²) in [5.41, 5.74) is 0.595. The van der Waals surface area contributed by atoms with E-state index in [4.69, 9.17) is 4.42 Å². The molecule has 3 saturated heterocycles. The molecule has 5 rings (SSSR count). The van der Waals surface area contributed by atoms with E-state index in [1.165, 1.54) is 18.3 Å². The van der Waals surface area contributed by atoms with E-state index in [0.717, 1.165) is 38.7 Å². The van der Waals surface area contributed by atoms with Gasteiger partial charge in [0.15, 0.2) is 0 Å². The molecule has 2 bridgehead atoms. The predicted octanol–water partition coefficient (Wildman–Crippen LogP) is 1.06. The number of aromatic nitrogens is 1. The number of hydrogen-bond donors (Lipinski definition) is 1. The number of hydrogen-bond acceptors (Lipinski definition) is 6. The van der Waals surface area contributed by atoms with Crippen molar-refractivity contribution in [3.8, 4) is 0 Å². The Bertz CT molecular complexity index is 897. The molecule has 0 aliphatic carbocycles. The van der Waals surface area contributed by atoms with Crippen LogP contribution in [0, 0.1) is 5.92 Å². The zero-order valence-corrected chi connectivity index (χ0v) is 14.2. The smallest absolute Gasteiger partial charge is 0.270 e. The van der Waals surface area contributed by atoms with Crippen LogP contribution in [0.25, 0.3) is 11.0 Å². The lowest BCUT2D eigenvalue weighted by atomic mass is 9.84. The first-order chi connectivity index (χ1) is 11.4. The molecule has 0 aromatic carbocycles. The second-order valence-electron chi connectivity index (χ2n) is 6.66. The molecule has 5 heterocycles. The highest BCUT2D eigenvalue weighted by Gasteiger charge is 2.35. The van der Waals surface area contributed by atoms with E-state index in [2.05, 4.69) is 15.2 Å². The SMILES string of the molecule is CS(=O)(=O)c1cc2cnc(C(=O)N[C@H]3CN4CCC3CC4)cc2o1. The van der Waals surface area contributed by atoms with Crippen molar-refractivity contribution in [2.24, 2.45) is 5.92 Å². The van der Waals surface area contributed by atoms with Gasteiger partial charge < -0.3 is 14.6 Å². The average Bonchev–Trinajstić information content (AvgIpc) is 2.99. The molecule has 3 aliphatic heterocycles. The number of carbonyl (C=O) groups is 1. The molecule has 1 atom stereocenters. The second-order valence-corrected chi connectivity index (χ2v) is 8.61. The van der Waals surface area contributed by atoms with Crippen molar-refractivity contribution in [2.75, 3.05) is 25.9 Å². The topological polar surface area (TPSA) is 92.5 Å². The molecular weight excluding hydrogens is 330 g/mol. The summed E-state index contributed by atoms with van der Waals surface area (Å²) in [6, 6.07) is 3.08. The van der Waals surface area contributed by atoms with Crippen LogP contribution in [-0.4, -0.2) is 56.1 Å². The van der Waals surface area contributed by atoms with Crippen LogP contribution in [0.3, 0.4) is 0 Å². The summed E-state index contributed by atoms with van der Waals surface area (Å²) in [5, 5.41) is 3.51. The van der Waals surface area contributed by atoms with Crippen LogP contribution in [0.4, 0.5) is 0 Å². The van der Waals surface area contributed by atoms with Gasteiger partial charge in [-0.1, -0.05) is 0 Å². The monoisotopic (exact) mass is 349 g/mol. The molecule has 8 heteroatoms. The van der Waals surface area contributed by atoms with E-state index < -0.39 is 9.84 Å². The lowest BCUT2D eigenvalue weighted by Gasteiger charge is -2.44. The Hall–Kier alpha value is -1.93. The van der Waals surface area contributed by atoms with Crippen molar-refractivity contribution in [1.29, 1.82) is 0 Å². The summed E-state index contributed by atoms with van der Waals surface area (Å²) >= 11 is 0. The Labute approximate surface area is 139 Å². The van der Waals surface area contributed by atoms with Crippen LogP contribution in [0.1, 0.15) is 23.3 Å². The predicted molar refractivity (Wildman–Crippen MR) is 87.5 cm³/mol. The zero-order chi connectivity index (χ0) is 16.9. The molecule has 1 N–H and O–H groups in total. The number of nitrogens with one attached hydrogen (secondary N) is 1. The maximum absolute atomic E-state index is 12.5. The van der Waals surface area contributed by atoms with E-state index in [-0.39, 0.29) is 22.7 Å². The Kier molecular flexibility index (Phi) is 3.61. The van der Waals surface area contributed by atoms with Crippen LogP contribution >= 0.6 is 0 Å². The van der Waals surface area contributed by atoms with Gasteiger partial charge in [-0.05, 0) is 31.8 Å². The molecule has 0 saturated carbocycles. The van der Waals surface area contributed by atoms with Gasteiger partial charge in [-0.2, -0.15) is 0 Å². The molecule has 7 nitrogen and oxygen atoms in total. The van der Waals surface area contributed by atoms with Crippen molar-refractivity contribution in [2.45, 2.75) is 24.0 Å². The number of amides is 1. The van der Waals surface area contributed by atoms with Gasteiger partial charge in [-0.25, -0.2) is 8.42 Å². The third kappa shape index (κ3) is 2.80. The Balaban J connectivity index is 1.56. The van der Waals surface area contributed by atoms with E-state index in [0.29, 0.717) is 16.9 Å². The van der Waals surface area contributed by atoms with Gasteiger partial charge in [-0.3, -0.25) is 9.78 Å². The molecule has 3 fully saturated rings. The van der Waals surface area contributed by atoms with Gasteiger partial charge in [0, 0.05) is 42.6 Å². The van der Waals surface area contributed by atoms with Crippen LogP contribution in [-0.2, 0) is 9.84 Å². The lowest BCUT2D eigenvalue weighted by Crippen LogP contribution is -2.57. The van der Waals surface area contributed by atoms with Gasteiger partial charge in [0.25, 0.3) is 5.91 Å². The minimum absolute atomic E-state index is 0.116. The molecular formula is C16H19N3O4S. The molecule has 2 aromatic heterocycles. The molecule has 24 heavy (non-hydrogen) atoms. The van der Waals surface area contributed by atoms with Gasteiger partial charge in [0.05, 0.1) is 0 Å². The Morgan fingerprint density at radius 3 is 2.71 bits per heavy atom. The number of fused-ring (bicyclic) bond motifs is 4. The lowest BCUT2D eigenvalue weighted by molar-refractivity contribution is 0.0618. The van der Waals surface area contributed by atoms with E-state index in [1.54, 1.807) is 0 Å². The largest absolute Gasteiger partial charge is 0.445 e. The van der Waals surface area contributed by atoms with Crippen molar-refractivity contribution in [3.63, 3.8) is 0 Å². The van der Waals surface area contributed by atoms with Gasteiger partial charge in [0.2, 0.25) is 14.9 Å². The summed E-state index contributed by atoms with van der Waals surface area (Å²) in [7, 11) is -3.43. The molecule has 3 aliphatic rings. The number of carbonyl (C=O) groups excluding carboxylic acids is 1. The first-order valence-corrected chi connectivity index (χ1v) is 9.92. The summed E-state index contributed by atoms with van der Waals surface area (Å²) in [4.78, 5) is 19.0. The first kappa shape index (κ1) is 15.6.